The highest BCUT2D eigenvalue weighted by Crippen LogP contribution is 2.24. The maximum atomic E-state index is 3.54. The number of rotatable bonds is 7. The van der Waals surface area contributed by atoms with Crippen LogP contribution in [0.15, 0.2) is 54.6 Å². The summed E-state index contributed by atoms with van der Waals surface area (Å²) < 4.78 is 0. The van der Waals surface area contributed by atoms with Crippen molar-refractivity contribution in [1.82, 2.24) is 9.88 Å². The lowest BCUT2D eigenvalue weighted by atomic mass is 9.91. The third-order valence-electron chi connectivity index (χ3n) is 6.15. The average Bonchev–Trinajstić information content (AvgIpc) is 3.01. The number of benzene rings is 2. The first kappa shape index (κ1) is 18.3. The van der Waals surface area contributed by atoms with Crippen molar-refractivity contribution in [2.45, 2.75) is 45.4 Å². The second-order valence-corrected chi connectivity index (χ2v) is 8.23. The molecule has 2 heterocycles. The molecular weight excluding hydrogens is 328 g/mol. The van der Waals surface area contributed by atoms with Gasteiger partial charge in [0.25, 0.3) is 0 Å². The van der Waals surface area contributed by atoms with E-state index in [-0.39, 0.29) is 0 Å². The van der Waals surface area contributed by atoms with Gasteiger partial charge in [0.05, 0.1) is 0 Å². The fourth-order valence-electron chi connectivity index (χ4n) is 4.76. The number of hydrogen-bond acceptors (Lipinski definition) is 1. The summed E-state index contributed by atoms with van der Waals surface area (Å²) in [7, 11) is 0. The minimum atomic E-state index is 0.831. The van der Waals surface area contributed by atoms with Crippen LogP contribution in [0, 0.1) is 12.8 Å². The fourth-order valence-corrected chi connectivity index (χ4v) is 4.76. The number of unbranched alkanes of at least 4 members (excludes halogenated alkanes) is 1. The highest BCUT2D eigenvalue weighted by molar-refractivity contribution is 5.84. The maximum Gasteiger partial charge on any atom is 0.0458 e. The summed E-state index contributed by atoms with van der Waals surface area (Å²) in [6, 6.07) is 19.7. The van der Waals surface area contributed by atoms with E-state index in [1.54, 1.807) is 0 Å². The van der Waals surface area contributed by atoms with Crippen LogP contribution in [0.3, 0.4) is 0 Å². The topological polar surface area (TPSA) is 19.0 Å². The van der Waals surface area contributed by atoms with Crippen LogP contribution in [0.1, 0.15) is 42.5 Å². The van der Waals surface area contributed by atoms with Gasteiger partial charge in [-0.25, -0.2) is 0 Å². The van der Waals surface area contributed by atoms with Crippen molar-refractivity contribution < 1.29 is 0 Å². The van der Waals surface area contributed by atoms with Crippen molar-refractivity contribution in [3.63, 3.8) is 0 Å². The number of likely N-dealkylation sites (tertiary alicyclic amines) is 1. The predicted molar refractivity (Wildman–Crippen MR) is 115 cm³/mol. The summed E-state index contributed by atoms with van der Waals surface area (Å²) in [6.07, 6.45) is 7.77. The summed E-state index contributed by atoms with van der Waals surface area (Å²) in [5.41, 5.74) is 5.65. The lowest BCUT2D eigenvalue weighted by Crippen LogP contribution is -2.36. The predicted octanol–water partition coefficient (Wildman–Crippen LogP) is 5.75. The molecule has 1 saturated heterocycles. The molecule has 0 bridgehead atoms. The lowest BCUT2D eigenvalue weighted by Gasteiger charge is -2.32. The van der Waals surface area contributed by atoms with Gasteiger partial charge in [-0.3, -0.25) is 0 Å². The summed E-state index contributed by atoms with van der Waals surface area (Å²) in [6.45, 7) is 6.04. The number of para-hydroxylation sites is 1. The van der Waals surface area contributed by atoms with Crippen LogP contribution < -0.4 is 0 Å². The number of aromatic nitrogens is 1. The highest BCUT2D eigenvalue weighted by Gasteiger charge is 2.19. The van der Waals surface area contributed by atoms with Crippen LogP contribution in [-0.2, 0) is 12.8 Å². The first-order chi connectivity index (χ1) is 13.3. The van der Waals surface area contributed by atoms with Gasteiger partial charge >= 0.3 is 0 Å². The Morgan fingerprint density at radius 3 is 2.70 bits per heavy atom. The number of aryl methyl sites for hydroxylation is 2. The Morgan fingerprint density at radius 2 is 1.81 bits per heavy atom. The Balaban J connectivity index is 1.24. The minimum absolute atomic E-state index is 0.831. The molecule has 142 valence electrons. The van der Waals surface area contributed by atoms with Crippen molar-refractivity contribution in [3.05, 3.63) is 71.4 Å². The molecule has 0 saturated carbocycles. The van der Waals surface area contributed by atoms with Crippen LogP contribution >= 0.6 is 0 Å². The Kier molecular flexibility index (Phi) is 5.94. The van der Waals surface area contributed by atoms with E-state index in [1.165, 1.54) is 85.9 Å². The van der Waals surface area contributed by atoms with Gasteiger partial charge < -0.3 is 9.88 Å². The third-order valence-corrected chi connectivity index (χ3v) is 6.15. The molecule has 1 aromatic heterocycles. The third kappa shape index (κ3) is 4.62. The zero-order valence-corrected chi connectivity index (χ0v) is 16.6. The molecule has 0 aliphatic carbocycles. The van der Waals surface area contributed by atoms with E-state index in [4.69, 9.17) is 0 Å². The maximum absolute atomic E-state index is 3.54. The smallest absolute Gasteiger partial charge is 0.0458 e. The second-order valence-electron chi connectivity index (χ2n) is 8.23. The average molecular weight is 361 g/mol. The molecular formula is C25H32N2. The summed E-state index contributed by atoms with van der Waals surface area (Å²) in [5.74, 6) is 0.831. The molecule has 2 heteroatoms. The number of H-pyrrole nitrogens is 1. The molecule has 0 spiro atoms. The monoisotopic (exact) mass is 360 g/mol. The van der Waals surface area contributed by atoms with E-state index >= 15 is 0 Å². The van der Waals surface area contributed by atoms with Crippen LogP contribution in [0.4, 0.5) is 0 Å². The van der Waals surface area contributed by atoms with Crippen molar-refractivity contribution in [1.29, 1.82) is 0 Å². The van der Waals surface area contributed by atoms with E-state index in [0.29, 0.717) is 0 Å². The zero-order chi connectivity index (χ0) is 18.5. The summed E-state index contributed by atoms with van der Waals surface area (Å²) in [5, 5.41) is 1.41. The largest absolute Gasteiger partial charge is 0.358 e. The van der Waals surface area contributed by atoms with E-state index in [1.807, 2.05) is 0 Å². The number of aromatic amines is 1. The minimum Gasteiger partial charge on any atom is -0.358 e. The Bertz CT molecular complexity index is 849. The molecule has 1 fully saturated rings. The molecule has 0 amide bonds. The van der Waals surface area contributed by atoms with E-state index in [0.717, 1.165) is 5.92 Å². The van der Waals surface area contributed by atoms with Gasteiger partial charge in [0, 0.05) is 23.1 Å². The standard InChI is InChI=1S/C25H32N2/c1-20-23(24-14-5-6-15-25(24)26-20)13-7-8-16-27-17-9-12-22(19-27)18-21-10-3-2-4-11-21/h2-6,10-11,14-15,22,26H,7-9,12-13,16-19H2,1H3. The molecule has 1 aliphatic heterocycles. The van der Waals surface area contributed by atoms with Crippen LogP contribution in [0.2, 0.25) is 0 Å². The van der Waals surface area contributed by atoms with Crippen LogP contribution in [-0.4, -0.2) is 29.5 Å². The lowest BCUT2D eigenvalue weighted by molar-refractivity contribution is 0.171. The Hall–Kier alpha value is -2.06. The van der Waals surface area contributed by atoms with Crippen molar-refractivity contribution in [2.24, 2.45) is 5.92 Å². The number of hydrogen-bond donors (Lipinski definition) is 1. The molecule has 27 heavy (non-hydrogen) atoms. The SMILES string of the molecule is Cc1[nH]c2ccccc2c1CCCCN1CCCC(Cc2ccccc2)C1. The number of fused-ring (bicyclic) bond motifs is 1. The van der Waals surface area contributed by atoms with E-state index < -0.39 is 0 Å². The molecule has 2 nitrogen and oxygen atoms in total. The second kappa shape index (κ2) is 8.75. The number of nitrogens with zero attached hydrogens (tertiary/aromatic N) is 1. The first-order valence-corrected chi connectivity index (χ1v) is 10.6. The molecule has 3 aromatic rings. The van der Waals surface area contributed by atoms with Crippen molar-refractivity contribution in [3.8, 4) is 0 Å². The fraction of sp³-hybridized carbons (Fsp3) is 0.440. The van der Waals surface area contributed by atoms with Crippen molar-refractivity contribution >= 4 is 10.9 Å². The molecule has 1 atom stereocenters. The number of nitrogens with one attached hydrogen (secondary N) is 1. The van der Waals surface area contributed by atoms with Crippen LogP contribution in [0.25, 0.3) is 10.9 Å². The van der Waals surface area contributed by atoms with Gasteiger partial charge in [0.2, 0.25) is 0 Å². The van der Waals surface area contributed by atoms with Gasteiger partial charge in [-0.2, -0.15) is 0 Å². The van der Waals surface area contributed by atoms with Gasteiger partial charge in [0.1, 0.15) is 0 Å². The molecule has 1 unspecified atom stereocenters. The summed E-state index contributed by atoms with van der Waals surface area (Å²) >= 11 is 0. The summed E-state index contributed by atoms with van der Waals surface area (Å²) in [4.78, 5) is 6.24. The Morgan fingerprint density at radius 1 is 1.00 bits per heavy atom. The van der Waals surface area contributed by atoms with E-state index in [2.05, 4.69) is 71.4 Å². The van der Waals surface area contributed by atoms with Gasteiger partial charge in [-0.05, 0) is 81.6 Å². The molecule has 2 aromatic carbocycles. The van der Waals surface area contributed by atoms with Gasteiger partial charge in [-0.15, -0.1) is 0 Å². The molecule has 4 rings (SSSR count). The Labute approximate surface area is 163 Å². The zero-order valence-electron chi connectivity index (χ0n) is 16.6. The highest BCUT2D eigenvalue weighted by atomic mass is 15.1. The molecule has 0 radical (unpaired) electrons. The van der Waals surface area contributed by atoms with Crippen LogP contribution in [0.5, 0.6) is 0 Å². The normalized spacial score (nSPS) is 18.2. The molecule has 1 aliphatic rings. The molecule has 1 N–H and O–H groups in total. The van der Waals surface area contributed by atoms with Gasteiger partial charge in [-0.1, -0.05) is 48.5 Å². The van der Waals surface area contributed by atoms with E-state index in [9.17, 15) is 0 Å². The van der Waals surface area contributed by atoms with Gasteiger partial charge in [0.15, 0.2) is 0 Å². The first-order valence-electron chi connectivity index (χ1n) is 10.6. The quantitative estimate of drug-likeness (QED) is 0.531. The number of piperidine rings is 1. The van der Waals surface area contributed by atoms with Crippen molar-refractivity contribution in [2.75, 3.05) is 19.6 Å².